The third-order valence-corrected chi connectivity index (χ3v) is 5.87. The lowest BCUT2D eigenvalue weighted by Gasteiger charge is -2.39. The lowest BCUT2D eigenvalue weighted by atomic mass is 10.1. The normalized spacial score (nSPS) is 24.4. The monoisotopic (exact) mass is 366 g/mol. The molecule has 2 aliphatic rings. The predicted octanol–water partition coefficient (Wildman–Crippen LogP) is 1.88. The van der Waals surface area contributed by atoms with Gasteiger partial charge in [0.05, 0.1) is 6.10 Å². The van der Waals surface area contributed by atoms with Crippen LogP contribution in [0.15, 0.2) is 54.7 Å². The molecule has 2 atom stereocenters. The molecule has 2 aromatic rings. The maximum absolute atomic E-state index is 10.6. The SMILES string of the molecule is O[C@H]1CN(CCCc2ccccc2)C[C@@H]1N1CCN(c2ccccn2)CC1. The molecule has 1 aromatic carbocycles. The number of aromatic nitrogens is 1. The molecule has 1 aromatic heterocycles. The summed E-state index contributed by atoms with van der Waals surface area (Å²) in [6, 6.07) is 17.0. The average Bonchev–Trinajstić information content (AvgIpc) is 3.10. The number of hydrogen-bond donors (Lipinski definition) is 1. The summed E-state index contributed by atoms with van der Waals surface area (Å²) in [7, 11) is 0. The highest BCUT2D eigenvalue weighted by molar-refractivity contribution is 5.38. The van der Waals surface area contributed by atoms with Crippen molar-refractivity contribution in [2.24, 2.45) is 0 Å². The number of anilines is 1. The summed E-state index contributed by atoms with van der Waals surface area (Å²) in [5.41, 5.74) is 1.40. The van der Waals surface area contributed by atoms with E-state index in [1.807, 2.05) is 18.3 Å². The molecule has 0 amide bonds. The Balaban J connectivity index is 1.23. The molecular formula is C22H30N4O. The van der Waals surface area contributed by atoms with Gasteiger partial charge in [-0.15, -0.1) is 0 Å². The summed E-state index contributed by atoms with van der Waals surface area (Å²) < 4.78 is 0. The summed E-state index contributed by atoms with van der Waals surface area (Å²) in [4.78, 5) is 11.7. The van der Waals surface area contributed by atoms with Gasteiger partial charge >= 0.3 is 0 Å². The molecule has 3 heterocycles. The van der Waals surface area contributed by atoms with E-state index in [9.17, 15) is 5.11 Å². The average molecular weight is 367 g/mol. The fourth-order valence-corrected chi connectivity index (χ4v) is 4.36. The molecule has 27 heavy (non-hydrogen) atoms. The topological polar surface area (TPSA) is 42.8 Å². The number of hydrogen-bond acceptors (Lipinski definition) is 5. The Kier molecular flexibility index (Phi) is 6.02. The molecule has 2 aliphatic heterocycles. The van der Waals surface area contributed by atoms with Gasteiger partial charge in [0.25, 0.3) is 0 Å². The summed E-state index contributed by atoms with van der Waals surface area (Å²) in [5.74, 6) is 1.06. The van der Waals surface area contributed by atoms with E-state index in [-0.39, 0.29) is 12.1 Å². The van der Waals surface area contributed by atoms with Crippen LogP contribution >= 0.6 is 0 Å². The number of likely N-dealkylation sites (tertiary alicyclic amines) is 1. The van der Waals surface area contributed by atoms with E-state index in [2.05, 4.69) is 56.1 Å². The molecule has 144 valence electrons. The minimum Gasteiger partial charge on any atom is -0.390 e. The third kappa shape index (κ3) is 4.67. The van der Waals surface area contributed by atoms with Crippen molar-refractivity contribution in [1.82, 2.24) is 14.8 Å². The minimum atomic E-state index is -0.233. The fraction of sp³-hybridized carbons (Fsp3) is 0.500. The van der Waals surface area contributed by atoms with Gasteiger partial charge in [0.15, 0.2) is 0 Å². The van der Waals surface area contributed by atoms with Crippen LogP contribution < -0.4 is 4.90 Å². The van der Waals surface area contributed by atoms with Crippen molar-refractivity contribution in [3.8, 4) is 0 Å². The molecule has 0 aliphatic carbocycles. The van der Waals surface area contributed by atoms with Crippen LogP contribution in [0.3, 0.4) is 0 Å². The standard InChI is InChI=1S/C22H30N4O/c27-21-18-24(12-6-9-19-7-2-1-3-8-19)17-20(21)25-13-15-26(16-14-25)22-10-4-5-11-23-22/h1-5,7-8,10-11,20-21,27H,6,9,12-18H2/t20-,21-/m0/s1. The highest BCUT2D eigenvalue weighted by Gasteiger charge is 2.36. The Bertz CT molecular complexity index is 688. The van der Waals surface area contributed by atoms with Crippen LogP contribution in [0, 0.1) is 0 Å². The first-order valence-electron chi connectivity index (χ1n) is 10.1. The van der Waals surface area contributed by atoms with E-state index in [0.717, 1.165) is 64.5 Å². The molecule has 2 saturated heterocycles. The first-order valence-corrected chi connectivity index (χ1v) is 10.1. The first-order chi connectivity index (χ1) is 13.3. The van der Waals surface area contributed by atoms with E-state index in [1.54, 1.807) is 0 Å². The zero-order chi connectivity index (χ0) is 18.5. The molecule has 0 radical (unpaired) electrons. The second-order valence-electron chi connectivity index (χ2n) is 7.69. The maximum atomic E-state index is 10.6. The van der Waals surface area contributed by atoms with Crippen LogP contribution in [0.5, 0.6) is 0 Å². The first kappa shape index (κ1) is 18.4. The summed E-state index contributed by atoms with van der Waals surface area (Å²) in [6.07, 6.45) is 3.89. The van der Waals surface area contributed by atoms with Gasteiger partial charge in [-0.05, 0) is 37.1 Å². The van der Waals surface area contributed by atoms with Crippen molar-refractivity contribution in [3.63, 3.8) is 0 Å². The molecule has 0 unspecified atom stereocenters. The zero-order valence-electron chi connectivity index (χ0n) is 16.0. The number of aliphatic hydroxyl groups excluding tert-OH is 1. The van der Waals surface area contributed by atoms with Crippen LogP contribution in [0.25, 0.3) is 0 Å². The van der Waals surface area contributed by atoms with Crippen molar-refractivity contribution in [1.29, 1.82) is 0 Å². The number of aliphatic hydroxyl groups is 1. The second-order valence-corrected chi connectivity index (χ2v) is 7.69. The highest BCUT2D eigenvalue weighted by Crippen LogP contribution is 2.20. The van der Waals surface area contributed by atoms with Crippen molar-refractivity contribution in [2.75, 3.05) is 50.7 Å². The lowest BCUT2D eigenvalue weighted by Crippen LogP contribution is -2.54. The second kappa shape index (κ2) is 8.83. The molecule has 5 heteroatoms. The molecule has 1 N–H and O–H groups in total. The van der Waals surface area contributed by atoms with Gasteiger partial charge in [0.1, 0.15) is 5.82 Å². The largest absolute Gasteiger partial charge is 0.390 e. The molecule has 0 spiro atoms. The van der Waals surface area contributed by atoms with Gasteiger partial charge in [-0.2, -0.15) is 0 Å². The van der Waals surface area contributed by atoms with E-state index in [4.69, 9.17) is 0 Å². The van der Waals surface area contributed by atoms with Crippen LogP contribution in [-0.2, 0) is 6.42 Å². The quantitative estimate of drug-likeness (QED) is 0.846. The predicted molar refractivity (Wildman–Crippen MR) is 109 cm³/mol. The van der Waals surface area contributed by atoms with Gasteiger partial charge in [-0.1, -0.05) is 36.4 Å². The number of aryl methyl sites for hydroxylation is 1. The van der Waals surface area contributed by atoms with E-state index < -0.39 is 0 Å². The van der Waals surface area contributed by atoms with Crippen molar-refractivity contribution >= 4 is 5.82 Å². The molecule has 0 bridgehead atoms. The number of piperazine rings is 1. The van der Waals surface area contributed by atoms with Gasteiger partial charge in [0, 0.05) is 51.5 Å². The maximum Gasteiger partial charge on any atom is 0.128 e. The van der Waals surface area contributed by atoms with Crippen molar-refractivity contribution < 1.29 is 5.11 Å². The summed E-state index contributed by atoms with van der Waals surface area (Å²) >= 11 is 0. The Morgan fingerprint density at radius 3 is 2.44 bits per heavy atom. The molecule has 5 nitrogen and oxygen atoms in total. The van der Waals surface area contributed by atoms with Gasteiger partial charge in [0.2, 0.25) is 0 Å². The summed E-state index contributed by atoms with van der Waals surface area (Å²) in [6.45, 7) is 6.81. The van der Waals surface area contributed by atoms with Gasteiger partial charge < -0.3 is 10.0 Å². The van der Waals surface area contributed by atoms with Crippen LogP contribution in [0.4, 0.5) is 5.82 Å². The van der Waals surface area contributed by atoms with Gasteiger partial charge in [-0.25, -0.2) is 4.98 Å². The Labute approximate surface area is 162 Å². The molecule has 4 rings (SSSR count). The number of pyridine rings is 1. The van der Waals surface area contributed by atoms with Crippen LogP contribution in [0.2, 0.25) is 0 Å². The highest BCUT2D eigenvalue weighted by atomic mass is 16.3. The Hall–Kier alpha value is -1.95. The van der Waals surface area contributed by atoms with E-state index in [0.29, 0.717) is 0 Å². The Morgan fingerprint density at radius 2 is 1.70 bits per heavy atom. The number of β-amino-alcohol motifs (C(OH)–C–C–N with tert-alkyl or cyclic N) is 1. The zero-order valence-corrected chi connectivity index (χ0v) is 16.0. The smallest absolute Gasteiger partial charge is 0.128 e. The minimum absolute atomic E-state index is 0.233. The van der Waals surface area contributed by atoms with E-state index >= 15 is 0 Å². The molecular weight excluding hydrogens is 336 g/mol. The number of benzene rings is 1. The fourth-order valence-electron chi connectivity index (χ4n) is 4.36. The molecule has 0 saturated carbocycles. The lowest BCUT2D eigenvalue weighted by molar-refractivity contribution is 0.0790. The number of nitrogens with zero attached hydrogens (tertiary/aromatic N) is 4. The Morgan fingerprint density at radius 1 is 0.926 bits per heavy atom. The number of rotatable bonds is 6. The van der Waals surface area contributed by atoms with E-state index in [1.165, 1.54) is 5.56 Å². The van der Waals surface area contributed by atoms with Crippen molar-refractivity contribution in [2.45, 2.75) is 25.0 Å². The van der Waals surface area contributed by atoms with Gasteiger partial charge in [-0.3, -0.25) is 9.80 Å². The van der Waals surface area contributed by atoms with Crippen LogP contribution in [-0.4, -0.2) is 77.8 Å². The third-order valence-electron chi connectivity index (χ3n) is 5.87. The summed E-state index contributed by atoms with van der Waals surface area (Å²) in [5, 5.41) is 10.6. The van der Waals surface area contributed by atoms with Crippen LogP contribution in [0.1, 0.15) is 12.0 Å². The molecule has 2 fully saturated rings. The van der Waals surface area contributed by atoms with Crippen molar-refractivity contribution in [3.05, 3.63) is 60.3 Å².